The second kappa shape index (κ2) is 13.7. The smallest absolute Gasteiger partial charge is 0.224 e. The molecule has 6 nitrogen and oxygen atoms in total. The number of aromatic nitrogens is 2. The number of carbonyl (C=O) groups excluding carboxylic acids is 2. The minimum absolute atomic E-state index is 0.00241. The standard InChI is InChI=1S/C40H40N4O2/c45-38(31-18-20-41-21-19-31)25-34(23-27-14-15-28-8-4-5-12-32(28)22-27)40(46)44-36(24-33-17-16-29-9-6-7-13-35(29)33)39-42-26-37(43-39)30-10-2-1-3-11-30/h1-15,17,22,26,31,34,36,41H,16,18-21,23-25H2,(H,42,43)(H,44,46)/t34-,36+/m0/s1. The number of nitrogens with one attached hydrogen (secondary N) is 3. The van der Waals surface area contributed by atoms with Crippen LogP contribution in [-0.4, -0.2) is 34.7 Å². The Morgan fingerprint density at radius 1 is 0.848 bits per heavy atom. The highest BCUT2D eigenvalue weighted by molar-refractivity contribution is 5.89. The summed E-state index contributed by atoms with van der Waals surface area (Å²) in [4.78, 5) is 36.3. The number of H-pyrrole nitrogens is 1. The number of piperidine rings is 1. The third-order valence-electron chi connectivity index (χ3n) is 9.59. The van der Waals surface area contributed by atoms with Crippen LogP contribution in [0.1, 0.15) is 54.2 Å². The van der Waals surface area contributed by atoms with Crippen molar-refractivity contribution in [2.45, 2.75) is 44.6 Å². The predicted molar refractivity (Wildman–Crippen MR) is 184 cm³/mol. The van der Waals surface area contributed by atoms with Gasteiger partial charge in [0.1, 0.15) is 11.6 Å². The van der Waals surface area contributed by atoms with Gasteiger partial charge in [0, 0.05) is 24.7 Å². The number of amides is 1. The summed E-state index contributed by atoms with van der Waals surface area (Å²) in [7, 11) is 0. The fourth-order valence-corrected chi connectivity index (χ4v) is 7.01. The third-order valence-corrected chi connectivity index (χ3v) is 9.59. The number of fused-ring (bicyclic) bond motifs is 2. The number of aromatic amines is 1. The molecule has 1 fully saturated rings. The van der Waals surface area contributed by atoms with E-state index in [2.05, 4.69) is 76.3 Å². The molecular weight excluding hydrogens is 568 g/mol. The van der Waals surface area contributed by atoms with Gasteiger partial charge in [0.05, 0.1) is 17.9 Å². The first-order valence-corrected chi connectivity index (χ1v) is 16.5. The summed E-state index contributed by atoms with van der Waals surface area (Å²) in [5.41, 5.74) is 6.74. The number of hydrogen-bond donors (Lipinski definition) is 3. The van der Waals surface area contributed by atoms with Gasteiger partial charge in [-0.25, -0.2) is 4.98 Å². The molecule has 2 aliphatic rings. The Labute approximate surface area is 270 Å². The van der Waals surface area contributed by atoms with Crippen LogP contribution < -0.4 is 10.6 Å². The largest absolute Gasteiger partial charge is 0.346 e. The van der Waals surface area contributed by atoms with Crippen molar-refractivity contribution in [3.05, 3.63) is 132 Å². The van der Waals surface area contributed by atoms with Crippen LogP contribution in [0, 0.1) is 11.8 Å². The van der Waals surface area contributed by atoms with Crippen molar-refractivity contribution in [1.29, 1.82) is 0 Å². The fourth-order valence-electron chi connectivity index (χ4n) is 7.01. The number of allylic oxidation sites excluding steroid dienone is 1. The van der Waals surface area contributed by atoms with Gasteiger partial charge in [-0.3, -0.25) is 9.59 Å². The van der Waals surface area contributed by atoms with E-state index in [1.807, 2.05) is 48.7 Å². The number of carbonyl (C=O) groups is 2. The van der Waals surface area contributed by atoms with Crippen molar-refractivity contribution in [1.82, 2.24) is 20.6 Å². The Hall–Kier alpha value is -4.81. The van der Waals surface area contributed by atoms with E-state index in [9.17, 15) is 9.59 Å². The van der Waals surface area contributed by atoms with Gasteiger partial charge in [0.25, 0.3) is 0 Å². The highest BCUT2D eigenvalue weighted by atomic mass is 16.2. The fraction of sp³-hybridized carbons (Fsp3) is 0.275. The topological polar surface area (TPSA) is 86.9 Å². The van der Waals surface area contributed by atoms with Gasteiger partial charge >= 0.3 is 0 Å². The average molecular weight is 609 g/mol. The third kappa shape index (κ3) is 6.73. The van der Waals surface area contributed by atoms with E-state index in [1.165, 1.54) is 16.7 Å². The lowest BCUT2D eigenvalue weighted by atomic mass is 9.85. The summed E-state index contributed by atoms with van der Waals surface area (Å²) in [6.45, 7) is 1.69. The van der Waals surface area contributed by atoms with Crippen molar-refractivity contribution in [2.75, 3.05) is 13.1 Å². The molecular formula is C40H40N4O2. The number of Topliss-reactive ketones (excluding diaryl/α,β-unsaturated/α-hetero) is 1. The Kier molecular flexibility index (Phi) is 8.88. The van der Waals surface area contributed by atoms with E-state index in [4.69, 9.17) is 4.98 Å². The maximum atomic E-state index is 14.4. The van der Waals surface area contributed by atoms with Gasteiger partial charge in [0.2, 0.25) is 5.91 Å². The van der Waals surface area contributed by atoms with Crippen molar-refractivity contribution < 1.29 is 9.59 Å². The molecule has 3 N–H and O–H groups in total. The van der Waals surface area contributed by atoms with Crippen molar-refractivity contribution >= 4 is 28.0 Å². The van der Waals surface area contributed by atoms with E-state index in [0.29, 0.717) is 18.7 Å². The van der Waals surface area contributed by atoms with Gasteiger partial charge in [-0.15, -0.1) is 0 Å². The summed E-state index contributed by atoms with van der Waals surface area (Å²) < 4.78 is 0. The Bertz CT molecular complexity index is 1870. The predicted octanol–water partition coefficient (Wildman–Crippen LogP) is 7.23. The molecule has 0 unspecified atom stereocenters. The van der Waals surface area contributed by atoms with Crippen LogP contribution in [0.25, 0.3) is 27.6 Å². The molecule has 46 heavy (non-hydrogen) atoms. The Morgan fingerprint density at radius 3 is 2.46 bits per heavy atom. The van der Waals surface area contributed by atoms with Crippen LogP contribution in [0.5, 0.6) is 0 Å². The van der Waals surface area contributed by atoms with Crippen molar-refractivity contribution in [3.63, 3.8) is 0 Å². The molecule has 1 saturated heterocycles. The van der Waals surface area contributed by atoms with Gasteiger partial charge in [-0.2, -0.15) is 0 Å². The molecule has 232 valence electrons. The zero-order valence-electron chi connectivity index (χ0n) is 26.0. The van der Waals surface area contributed by atoms with Gasteiger partial charge in [-0.05, 0) is 77.4 Å². The minimum atomic E-state index is -0.487. The highest BCUT2D eigenvalue weighted by Crippen LogP contribution is 2.35. The molecule has 7 rings (SSSR count). The zero-order chi connectivity index (χ0) is 31.3. The van der Waals surface area contributed by atoms with Crippen LogP contribution in [-0.2, 0) is 22.4 Å². The number of rotatable bonds is 11. The first kappa shape index (κ1) is 29.9. The summed E-state index contributed by atoms with van der Waals surface area (Å²) in [6.07, 6.45) is 7.98. The molecule has 1 amide bonds. The maximum Gasteiger partial charge on any atom is 0.224 e. The number of benzene rings is 4. The summed E-state index contributed by atoms with van der Waals surface area (Å²) in [5.74, 6) is 0.314. The second-order valence-corrected chi connectivity index (χ2v) is 12.7. The first-order valence-electron chi connectivity index (χ1n) is 16.5. The Morgan fingerprint density at radius 2 is 1.61 bits per heavy atom. The molecule has 5 aromatic rings. The molecule has 2 atom stereocenters. The summed E-state index contributed by atoms with van der Waals surface area (Å²) in [6, 6.07) is 32.8. The van der Waals surface area contributed by atoms with Gasteiger partial charge in [0.15, 0.2) is 0 Å². The molecule has 0 spiro atoms. The van der Waals surface area contributed by atoms with Gasteiger partial charge in [-0.1, -0.05) is 103 Å². The normalized spacial score (nSPS) is 16.0. The highest BCUT2D eigenvalue weighted by Gasteiger charge is 2.31. The molecule has 1 aliphatic heterocycles. The molecule has 4 aromatic carbocycles. The number of imidazole rings is 1. The molecule has 0 bridgehead atoms. The molecule has 1 aliphatic carbocycles. The molecule has 1 aromatic heterocycles. The van der Waals surface area contributed by atoms with Crippen LogP contribution in [0.3, 0.4) is 0 Å². The summed E-state index contributed by atoms with van der Waals surface area (Å²) in [5, 5.41) is 9.04. The molecule has 6 heteroatoms. The van der Waals surface area contributed by atoms with Crippen LogP contribution in [0.15, 0.2) is 109 Å². The molecule has 0 radical (unpaired) electrons. The van der Waals surface area contributed by atoms with E-state index in [-0.39, 0.29) is 30.1 Å². The second-order valence-electron chi connectivity index (χ2n) is 12.7. The lowest BCUT2D eigenvalue weighted by Gasteiger charge is -2.25. The van der Waals surface area contributed by atoms with Crippen LogP contribution in [0.4, 0.5) is 0 Å². The average Bonchev–Trinajstić information content (AvgIpc) is 3.76. The van der Waals surface area contributed by atoms with Gasteiger partial charge < -0.3 is 15.6 Å². The number of hydrogen-bond acceptors (Lipinski definition) is 4. The van der Waals surface area contributed by atoms with Crippen LogP contribution >= 0.6 is 0 Å². The van der Waals surface area contributed by atoms with Crippen LogP contribution in [0.2, 0.25) is 0 Å². The van der Waals surface area contributed by atoms with E-state index in [1.54, 1.807) is 0 Å². The quantitative estimate of drug-likeness (QED) is 0.148. The van der Waals surface area contributed by atoms with E-state index in [0.717, 1.165) is 59.9 Å². The lowest BCUT2D eigenvalue weighted by Crippen LogP contribution is -2.38. The number of nitrogens with zero attached hydrogens (tertiary/aromatic N) is 1. The lowest BCUT2D eigenvalue weighted by molar-refractivity contribution is -0.131. The first-order chi connectivity index (χ1) is 22.6. The van der Waals surface area contributed by atoms with Crippen molar-refractivity contribution in [2.24, 2.45) is 11.8 Å². The molecule has 0 saturated carbocycles. The van der Waals surface area contributed by atoms with E-state index >= 15 is 0 Å². The SMILES string of the molecule is O=C(C[C@H](Cc1ccc2ccccc2c1)C(=O)N[C@H](CC1=CCc2ccccc21)c1ncc(-c2ccccc2)[nH]1)C1CCNCC1. The van der Waals surface area contributed by atoms with Crippen molar-refractivity contribution in [3.8, 4) is 11.3 Å². The Balaban J connectivity index is 1.18. The zero-order valence-corrected chi connectivity index (χ0v) is 26.0. The van der Waals surface area contributed by atoms with E-state index < -0.39 is 5.92 Å². The number of ketones is 1. The summed E-state index contributed by atoms with van der Waals surface area (Å²) >= 11 is 0. The monoisotopic (exact) mass is 608 g/mol. The maximum absolute atomic E-state index is 14.4. The molecule has 2 heterocycles. The minimum Gasteiger partial charge on any atom is -0.346 e.